The minimum absolute atomic E-state index is 0.0468. The summed E-state index contributed by atoms with van der Waals surface area (Å²) >= 11 is 0. The molecule has 5 heteroatoms. The predicted molar refractivity (Wildman–Crippen MR) is 77.3 cm³/mol. The minimum atomic E-state index is -0.265. The van der Waals surface area contributed by atoms with Crippen LogP contribution in [0.4, 0.5) is 0 Å². The maximum atomic E-state index is 12.3. The van der Waals surface area contributed by atoms with Crippen molar-refractivity contribution in [3.05, 3.63) is 29.3 Å². The number of amides is 2. The number of imide groups is 1. The molecule has 1 aliphatic heterocycles. The number of ether oxygens (including phenoxy) is 1. The zero-order chi connectivity index (χ0) is 15.4. The first-order chi connectivity index (χ1) is 10.0. The van der Waals surface area contributed by atoms with E-state index in [1.54, 1.807) is 25.3 Å². The van der Waals surface area contributed by atoms with Gasteiger partial charge in [-0.3, -0.25) is 19.3 Å². The molecule has 1 heterocycles. The van der Waals surface area contributed by atoms with Crippen LogP contribution in [0.15, 0.2) is 18.2 Å². The lowest BCUT2D eigenvalue weighted by molar-refractivity contribution is -0.143. The first kappa shape index (κ1) is 15.2. The summed E-state index contributed by atoms with van der Waals surface area (Å²) in [5, 5.41) is 0. The molecule has 2 amide bonds. The summed E-state index contributed by atoms with van der Waals surface area (Å²) in [4.78, 5) is 37.1. The summed E-state index contributed by atoms with van der Waals surface area (Å²) in [6.45, 7) is 1.69. The van der Waals surface area contributed by atoms with Gasteiger partial charge in [-0.15, -0.1) is 0 Å². The van der Waals surface area contributed by atoms with Crippen LogP contribution in [0.2, 0.25) is 0 Å². The minimum Gasteiger partial charge on any atom is -0.497 e. The molecule has 0 unspecified atom stereocenters. The van der Waals surface area contributed by atoms with Crippen molar-refractivity contribution in [1.29, 1.82) is 0 Å². The Kier molecular flexibility index (Phi) is 4.73. The standard InChI is InChI=1S/C16H19NO4/c1-11(18)17-9-3-4-15(19)14-7-6-13(21-2)10-12(14)5-8-16(17)20/h6-7,10H,3-5,8-9H2,1-2H3. The van der Waals surface area contributed by atoms with Gasteiger partial charge in [-0.1, -0.05) is 0 Å². The van der Waals surface area contributed by atoms with Crippen molar-refractivity contribution in [2.24, 2.45) is 0 Å². The number of methoxy groups -OCH3 is 1. The number of fused-ring (bicyclic) bond motifs is 1. The van der Waals surface area contributed by atoms with E-state index in [-0.39, 0.29) is 24.0 Å². The number of nitrogens with zero attached hydrogens (tertiary/aromatic N) is 1. The van der Waals surface area contributed by atoms with Crippen LogP contribution in [0, 0.1) is 0 Å². The fourth-order valence-corrected chi connectivity index (χ4v) is 2.54. The van der Waals surface area contributed by atoms with Gasteiger partial charge in [0.2, 0.25) is 11.8 Å². The van der Waals surface area contributed by atoms with Crippen LogP contribution >= 0.6 is 0 Å². The highest BCUT2D eigenvalue weighted by atomic mass is 16.5. The first-order valence-electron chi connectivity index (χ1n) is 7.04. The Labute approximate surface area is 123 Å². The molecule has 1 aromatic carbocycles. The molecule has 0 atom stereocenters. The van der Waals surface area contributed by atoms with Gasteiger partial charge in [0.15, 0.2) is 5.78 Å². The molecule has 0 radical (unpaired) electrons. The molecule has 0 saturated carbocycles. The Balaban J connectivity index is 2.31. The molecular weight excluding hydrogens is 270 g/mol. The Morgan fingerprint density at radius 1 is 1.19 bits per heavy atom. The van der Waals surface area contributed by atoms with Gasteiger partial charge >= 0.3 is 0 Å². The second kappa shape index (κ2) is 6.52. The third-order valence-corrected chi connectivity index (χ3v) is 3.69. The van der Waals surface area contributed by atoms with Crippen molar-refractivity contribution in [3.8, 4) is 5.75 Å². The molecular formula is C16H19NO4. The average Bonchev–Trinajstić information content (AvgIpc) is 2.47. The van der Waals surface area contributed by atoms with Crippen molar-refractivity contribution in [2.45, 2.75) is 32.6 Å². The molecule has 112 valence electrons. The quantitative estimate of drug-likeness (QED) is 0.793. The molecule has 1 aliphatic rings. The molecule has 0 aromatic heterocycles. The SMILES string of the molecule is COc1ccc2c(c1)CCC(=O)N(C(C)=O)CCCC2=O. The van der Waals surface area contributed by atoms with Crippen LogP contribution in [0.1, 0.15) is 42.1 Å². The monoisotopic (exact) mass is 289 g/mol. The Hall–Kier alpha value is -2.17. The molecule has 5 nitrogen and oxygen atoms in total. The van der Waals surface area contributed by atoms with Crippen LogP contribution in [0.25, 0.3) is 0 Å². The van der Waals surface area contributed by atoms with E-state index in [1.807, 2.05) is 0 Å². The summed E-state index contributed by atoms with van der Waals surface area (Å²) in [7, 11) is 1.56. The van der Waals surface area contributed by atoms with Gasteiger partial charge in [-0.05, 0) is 36.6 Å². The van der Waals surface area contributed by atoms with Crippen molar-refractivity contribution >= 4 is 17.6 Å². The maximum Gasteiger partial charge on any atom is 0.229 e. The van der Waals surface area contributed by atoms with Gasteiger partial charge in [-0.2, -0.15) is 0 Å². The highest BCUT2D eigenvalue weighted by molar-refractivity contribution is 5.98. The number of hydrogen-bond donors (Lipinski definition) is 0. The van der Waals surface area contributed by atoms with E-state index in [9.17, 15) is 14.4 Å². The number of rotatable bonds is 1. The van der Waals surface area contributed by atoms with E-state index in [0.29, 0.717) is 37.1 Å². The van der Waals surface area contributed by atoms with Crippen LogP contribution in [-0.2, 0) is 16.0 Å². The van der Waals surface area contributed by atoms with Crippen LogP contribution in [0.3, 0.4) is 0 Å². The third kappa shape index (κ3) is 3.48. The van der Waals surface area contributed by atoms with Crippen molar-refractivity contribution < 1.29 is 19.1 Å². The van der Waals surface area contributed by atoms with E-state index in [4.69, 9.17) is 4.74 Å². The number of hydrogen-bond acceptors (Lipinski definition) is 4. The second-order valence-corrected chi connectivity index (χ2v) is 5.11. The van der Waals surface area contributed by atoms with E-state index >= 15 is 0 Å². The fourth-order valence-electron chi connectivity index (χ4n) is 2.54. The number of benzene rings is 1. The van der Waals surface area contributed by atoms with Gasteiger partial charge in [0.25, 0.3) is 0 Å². The molecule has 0 fully saturated rings. The molecule has 0 spiro atoms. The van der Waals surface area contributed by atoms with Gasteiger partial charge < -0.3 is 4.74 Å². The van der Waals surface area contributed by atoms with E-state index in [0.717, 1.165) is 5.56 Å². The predicted octanol–water partition coefficient (Wildman–Crippen LogP) is 1.98. The van der Waals surface area contributed by atoms with Crippen molar-refractivity contribution in [2.75, 3.05) is 13.7 Å². The molecule has 0 N–H and O–H groups in total. The van der Waals surface area contributed by atoms with Gasteiger partial charge in [0, 0.05) is 31.9 Å². The number of aryl methyl sites for hydroxylation is 1. The van der Waals surface area contributed by atoms with Crippen LogP contribution < -0.4 is 4.74 Å². The zero-order valence-electron chi connectivity index (χ0n) is 12.3. The van der Waals surface area contributed by atoms with E-state index in [1.165, 1.54) is 11.8 Å². The second-order valence-electron chi connectivity index (χ2n) is 5.11. The van der Waals surface area contributed by atoms with Crippen molar-refractivity contribution in [3.63, 3.8) is 0 Å². The Bertz CT molecular complexity index is 580. The molecule has 2 rings (SSSR count). The normalized spacial score (nSPS) is 16.4. The summed E-state index contributed by atoms with van der Waals surface area (Å²) < 4.78 is 5.17. The molecule has 21 heavy (non-hydrogen) atoms. The topological polar surface area (TPSA) is 63.7 Å². The maximum absolute atomic E-state index is 12.3. The first-order valence-corrected chi connectivity index (χ1v) is 7.04. The number of ketones is 1. The largest absolute Gasteiger partial charge is 0.497 e. The summed E-state index contributed by atoms with van der Waals surface area (Å²) in [5.41, 5.74) is 1.46. The Morgan fingerprint density at radius 2 is 1.95 bits per heavy atom. The third-order valence-electron chi connectivity index (χ3n) is 3.69. The average molecular weight is 289 g/mol. The molecule has 1 aromatic rings. The summed E-state index contributed by atoms with van der Waals surface area (Å²) in [5.74, 6) is 0.254. The molecule has 0 saturated heterocycles. The molecule has 0 aliphatic carbocycles. The van der Waals surface area contributed by atoms with Gasteiger partial charge in [-0.25, -0.2) is 0 Å². The highest BCUT2D eigenvalue weighted by Gasteiger charge is 2.21. The van der Waals surface area contributed by atoms with Crippen LogP contribution in [0.5, 0.6) is 5.75 Å². The summed E-state index contributed by atoms with van der Waals surface area (Å²) in [6.07, 6.45) is 1.47. The van der Waals surface area contributed by atoms with E-state index < -0.39 is 0 Å². The number of carbonyl (C=O) groups is 3. The van der Waals surface area contributed by atoms with Crippen molar-refractivity contribution in [1.82, 2.24) is 4.90 Å². The van der Waals surface area contributed by atoms with Gasteiger partial charge in [0.1, 0.15) is 5.75 Å². The number of Topliss-reactive ketones (excluding diaryl/α,β-unsaturated/α-hetero) is 1. The van der Waals surface area contributed by atoms with Gasteiger partial charge in [0.05, 0.1) is 7.11 Å². The number of carbonyl (C=O) groups excluding carboxylic acids is 3. The van der Waals surface area contributed by atoms with Crippen LogP contribution in [-0.4, -0.2) is 36.2 Å². The van der Waals surface area contributed by atoms with E-state index in [2.05, 4.69) is 0 Å². The smallest absolute Gasteiger partial charge is 0.229 e. The fraction of sp³-hybridized carbons (Fsp3) is 0.438. The summed E-state index contributed by atoms with van der Waals surface area (Å²) in [6, 6.07) is 5.30. The zero-order valence-corrected chi connectivity index (χ0v) is 12.3. The lowest BCUT2D eigenvalue weighted by Crippen LogP contribution is -2.36. The lowest BCUT2D eigenvalue weighted by Gasteiger charge is -2.21. The lowest BCUT2D eigenvalue weighted by atomic mass is 9.95. The Morgan fingerprint density at radius 3 is 2.62 bits per heavy atom. The molecule has 0 bridgehead atoms. The highest BCUT2D eigenvalue weighted by Crippen LogP contribution is 2.22.